The Morgan fingerprint density at radius 2 is 1.49 bits per heavy atom. The highest BCUT2D eigenvalue weighted by atomic mass is 35.5. The van der Waals surface area contributed by atoms with Gasteiger partial charge in [-0.05, 0) is 85.3 Å². The van der Waals surface area contributed by atoms with Crippen LogP contribution in [-0.2, 0) is 31.2 Å². The number of ketones is 1. The molecule has 10 heteroatoms. The predicted molar refractivity (Wildman–Crippen MR) is 214 cm³/mol. The normalized spacial score (nSPS) is 25.2. The maximum absolute atomic E-state index is 15.5. The van der Waals surface area contributed by atoms with Gasteiger partial charge in [0.15, 0.2) is 5.78 Å². The number of nitrogens with zero attached hydrogens (tertiary/aromatic N) is 2. The SMILES string of the molecule is CC(=O)c1ccc(N2C(=O)C3CC=C4C(CC5C(=O)N(c6cccc(Cl)c6)C(=O)C5(c5ccccc5)C4c4ccc(OCc5ccccc5)cc4O)C3C2=O)cc1. The summed E-state index contributed by atoms with van der Waals surface area (Å²) in [5, 5.41) is 12.4. The van der Waals surface area contributed by atoms with Crippen molar-refractivity contribution < 1.29 is 33.8 Å². The summed E-state index contributed by atoms with van der Waals surface area (Å²) in [4.78, 5) is 73.8. The number of halogens is 1. The van der Waals surface area contributed by atoms with Crippen LogP contribution in [0.25, 0.3) is 0 Å². The van der Waals surface area contributed by atoms with Crippen LogP contribution in [0.1, 0.15) is 52.7 Å². The number of allylic oxidation sites excluding steroid dienone is 2. The average molecular weight is 777 g/mol. The Morgan fingerprint density at radius 1 is 0.772 bits per heavy atom. The second kappa shape index (κ2) is 14.0. The van der Waals surface area contributed by atoms with Crippen LogP contribution in [0, 0.1) is 23.7 Å². The van der Waals surface area contributed by atoms with Crippen LogP contribution in [0.3, 0.4) is 0 Å². The Hall–Kier alpha value is -6.32. The molecular formula is C47H37ClN2O7. The summed E-state index contributed by atoms with van der Waals surface area (Å²) < 4.78 is 6.08. The average Bonchev–Trinajstić information content (AvgIpc) is 3.61. The quantitative estimate of drug-likeness (QED) is 0.0959. The topological polar surface area (TPSA) is 121 Å². The van der Waals surface area contributed by atoms with E-state index in [1.54, 1.807) is 60.7 Å². The first-order valence-electron chi connectivity index (χ1n) is 19.0. The number of ether oxygens (including phenoxy) is 1. The smallest absolute Gasteiger partial charge is 0.246 e. The highest BCUT2D eigenvalue weighted by molar-refractivity contribution is 6.32. The third-order valence-electron chi connectivity index (χ3n) is 12.3. The molecule has 6 unspecified atom stereocenters. The summed E-state index contributed by atoms with van der Waals surface area (Å²) in [5.74, 6) is -5.62. The third-order valence-corrected chi connectivity index (χ3v) is 12.5. The van der Waals surface area contributed by atoms with Gasteiger partial charge in [0.2, 0.25) is 23.6 Å². The van der Waals surface area contributed by atoms with E-state index in [4.69, 9.17) is 16.3 Å². The number of rotatable bonds is 8. The molecule has 6 atom stereocenters. The molecule has 57 heavy (non-hydrogen) atoms. The van der Waals surface area contributed by atoms with Crippen molar-refractivity contribution in [2.45, 2.75) is 37.7 Å². The first-order chi connectivity index (χ1) is 27.6. The Labute approximate surface area is 334 Å². The molecule has 284 valence electrons. The maximum atomic E-state index is 15.5. The largest absolute Gasteiger partial charge is 0.508 e. The molecule has 0 spiro atoms. The Bertz CT molecular complexity index is 2500. The Kier molecular flexibility index (Phi) is 8.93. The fourth-order valence-electron chi connectivity index (χ4n) is 9.79. The van der Waals surface area contributed by atoms with Crippen molar-refractivity contribution in [3.8, 4) is 11.5 Å². The monoisotopic (exact) mass is 776 g/mol. The molecule has 4 amide bonds. The first-order valence-corrected chi connectivity index (χ1v) is 19.3. The van der Waals surface area contributed by atoms with Crippen molar-refractivity contribution in [1.29, 1.82) is 0 Å². The van der Waals surface area contributed by atoms with Crippen LogP contribution >= 0.6 is 11.6 Å². The lowest BCUT2D eigenvalue weighted by Crippen LogP contribution is -2.53. The van der Waals surface area contributed by atoms with Crippen molar-refractivity contribution in [1.82, 2.24) is 0 Å². The van der Waals surface area contributed by atoms with Gasteiger partial charge in [0.05, 0.1) is 34.5 Å². The first kappa shape index (κ1) is 36.3. The number of hydrogen-bond donors (Lipinski definition) is 1. The zero-order chi connectivity index (χ0) is 39.6. The second-order valence-electron chi connectivity index (χ2n) is 15.2. The van der Waals surface area contributed by atoms with E-state index in [0.717, 1.165) is 5.56 Å². The minimum absolute atomic E-state index is 0.106. The van der Waals surface area contributed by atoms with Crippen molar-refractivity contribution in [2.24, 2.45) is 23.7 Å². The van der Waals surface area contributed by atoms with E-state index >= 15 is 9.59 Å². The van der Waals surface area contributed by atoms with Gasteiger partial charge in [0, 0.05) is 28.1 Å². The third kappa shape index (κ3) is 5.71. The number of carbonyl (C=O) groups is 5. The van der Waals surface area contributed by atoms with Crippen LogP contribution in [0.15, 0.2) is 139 Å². The molecule has 2 saturated heterocycles. The number of phenolic OH excluding ortho intramolecular Hbond substituents is 1. The van der Waals surface area contributed by atoms with Crippen LogP contribution in [0.4, 0.5) is 11.4 Å². The van der Waals surface area contributed by atoms with E-state index in [9.17, 15) is 19.5 Å². The zero-order valence-corrected chi connectivity index (χ0v) is 31.6. The molecule has 0 aromatic heterocycles. The van der Waals surface area contributed by atoms with E-state index in [2.05, 4.69) is 0 Å². The van der Waals surface area contributed by atoms with Crippen molar-refractivity contribution in [3.05, 3.63) is 166 Å². The van der Waals surface area contributed by atoms with E-state index in [1.807, 2.05) is 66.7 Å². The number of aromatic hydroxyl groups is 1. The summed E-state index contributed by atoms with van der Waals surface area (Å²) in [5.41, 5.74) is 2.23. The minimum Gasteiger partial charge on any atom is -0.508 e. The van der Waals surface area contributed by atoms with E-state index in [0.29, 0.717) is 44.4 Å². The number of amides is 4. The fraction of sp³-hybridized carbons (Fsp3) is 0.213. The molecule has 4 aliphatic rings. The zero-order valence-electron chi connectivity index (χ0n) is 30.9. The van der Waals surface area contributed by atoms with Gasteiger partial charge >= 0.3 is 0 Å². The van der Waals surface area contributed by atoms with Crippen LogP contribution < -0.4 is 14.5 Å². The van der Waals surface area contributed by atoms with Crippen LogP contribution in [0.2, 0.25) is 5.02 Å². The Balaban J connectivity index is 1.20. The van der Waals surface area contributed by atoms with Gasteiger partial charge < -0.3 is 9.84 Å². The van der Waals surface area contributed by atoms with E-state index in [-0.39, 0.29) is 36.9 Å². The van der Waals surface area contributed by atoms with Crippen molar-refractivity contribution >= 4 is 52.4 Å². The highest BCUT2D eigenvalue weighted by Gasteiger charge is 2.70. The summed E-state index contributed by atoms with van der Waals surface area (Å²) in [6.45, 7) is 1.71. The molecule has 9 nitrogen and oxygen atoms in total. The van der Waals surface area contributed by atoms with Crippen LogP contribution in [0.5, 0.6) is 11.5 Å². The molecule has 2 heterocycles. The van der Waals surface area contributed by atoms with Crippen molar-refractivity contribution in [3.63, 3.8) is 0 Å². The number of anilines is 2. The molecule has 1 N–H and O–H groups in total. The summed E-state index contributed by atoms with van der Waals surface area (Å²) in [6.07, 6.45) is 2.27. The summed E-state index contributed by atoms with van der Waals surface area (Å²) in [7, 11) is 0. The van der Waals surface area contributed by atoms with E-state index < -0.39 is 52.7 Å². The number of carbonyl (C=O) groups excluding carboxylic acids is 5. The van der Waals surface area contributed by atoms with Gasteiger partial charge in [-0.1, -0.05) is 96.0 Å². The van der Waals surface area contributed by atoms with Gasteiger partial charge in [-0.15, -0.1) is 0 Å². The molecule has 5 aromatic carbocycles. The molecule has 9 rings (SSSR count). The molecule has 0 bridgehead atoms. The standard InChI is InChI=1S/C47H37ClN2O7/c1-27(51)29-15-17-32(18-16-29)49-43(53)37-22-21-35-38(41(37)45(49)55)25-39-44(54)50(33-14-8-13-31(48)23-33)46(56)47(39,30-11-6-3-7-12-30)42(35)36-20-19-34(24-40(36)52)57-26-28-9-4-2-5-10-28/h2-21,23-24,37-39,41-42,52H,22,25-26H2,1H3. The molecular weight excluding hydrogens is 740 g/mol. The van der Waals surface area contributed by atoms with Gasteiger partial charge in [0.1, 0.15) is 18.1 Å². The number of Topliss-reactive ketones (excluding diaryl/α,β-unsaturated/α-hetero) is 1. The number of hydrogen-bond acceptors (Lipinski definition) is 7. The molecule has 5 aromatic rings. The molecule has 1 saturated carbocycles. The predicted octanol–water partition coefficient (Wildman–Crippen LogP) is 8.19. The summed E-state index contributed by atoms with van der Waals surface area (Å²) >= 11 is 6.43. The maximum Gasteiger partial charge on any atom is 0.246 e. The van der Waals surface area contributed by atoms with Crippen molar-refractivity contribution in [2.75, 3.05) is 9.80 Å². The molecule has 2 aliphatic heterocycles. The molecule has 0 radical (unpaired) electrons. The number of benzene rings is 5. The number of imide groups is 2. The van der Waals surface area contributed by atoms with Crippen LogP contribution in [-0.4, -0.2) is 34.5 Å². The number of phenols is 1. The lowest BCUT2D eigenvalue weighted by atomic mass is 9.49. The number of fused-ring (bicyclic) bond motifs is 4. The lowest BCUT2D eigenvalue weighted by Gasteiger charge is -2.50. The van der Waals surface area contributed by atoms with Gasteiger partial charge in [-0.3, -0.25) is 28.9 Å². The lowest BCUT2D eigenvalue weighted by molar-refractivity contribution is -0.127. The minimum atomic E-state index is -1.55. The summed E-state index contributed by atoms with van der Waals surface area (Å²) in [6, 6.07) is 36.8. The van der Waals surface area contributed by atoms with Gasteiger partial charge in [-0.2, -0.15) is 0 Å². The van der Waals surface area contributed by atoms with E-state index in [1.165, 1.54) is 22.8 Å². The fourth-order valence-corrected chi connectivity index (χ4v) is 9.97. The Morgan fingerprint density at radius 3 is 2.18 bits per heavy atom. The van der Waals surface area contributed by atoms with Gasteiger partial charge in [0.25, 0.3) is 0 Å². The van der Waals surface area contributed by atoms with Gasteiger partial charge in [-0.25, -0.2) is 4.90 Å². The second-order valence-corrected chi connectivity index (χ2v) is 15.6. The molecule has 2 aliphatic carbocycles. The molecule has 3 fully saturated rings. The highest BCUT2D eigenvalue weighted by Crippen LogP contribution is 2.65.